The Hall–Kier alpha value is -3.86. The van der Waals surface area contributed by atoms with Crippen LogP contribution in [0.5, 0.6) is 5.75 Å². The van der Waals surface area contributed by atoms with Crippen molar-refractivity contribution in [2.24, 2.45) is 0 Å². The number of carbonyl (C=O) groups excluding carboxylic acids is 2. The molecule has 1 heterocycles. The van der Waals surface area contributed by atoms with Crippen molar-refractivity contribution < 1.29 is 23.8 Å². The Morgan fingerprint density at radius 3 is 2.03 bits per heavy atom. The number of aryl methyl sites for hydroxylation is 1. The first-order valence-corrected chi connectivity index (χ1v) is 13.3. The number of rotatable bonds is 8. The molecule has 0 N–H and O–H groups in total. The minimum Gasteiger partial charge on any atom is -0.476 e. The number of carbonyl (C=O) groups is 2. The summed E-state index contributed by atoms with van der Waals surface area (Å²) < 4.78 is 18.1. The average molecular weight is 513 g/mol. The summed E-state index contributed by atoms with van der Waals surface area (Å²) in [4.78, 5) is 27.5. The molecule has 3 aromatic carbocycles. The highest BCUT2D eigenvalue weighted by molar-refractivity contribution is 6.01. The highest BCUT2D eigenvalue weighted by atomic mass is 16.6. The second kappa shape index (κ2) is 11.7. The first kappa shape index (κ1) is 27.2. The van der Waals surface area contributed by atoms with Crippen LogP contribution in [0.4, 0.5) is 0 Å². The maximum absolute atomic E-state index is 14.0. The Bertz CT molecular complexity index is 1310. The normalized spacial score (nSPS) is 17.1. The molecule has 0 aromatic heterocycles. The van der Waals surface area contributed by atoms with Crippen molar-refractivity contribution in [2.45, 2.75) is 65.4 Å². The fourth-order valence-electron chi connectivity index (χ4n) is 4.99. The molecule has 38 heavy (non-hydrogen) atoms. The second-order valence-electron chi connectivity index (χ2n) is 10.2. The number of hydrogen-bond acceptors (Lipinski definition) is 5. The van der Waals surface area contributed by atoms with E-state index in [-0.39, 0.29) is 18.4 Å². The quantitative estimate of drug-likeness (QED) is 0.234. The zero-order chi connectivity index (χ0) is 27.4. The van der Waals surface area contributed by atoms with E-state index in [4.69, 9.17) is 14.2 Å². The lowest BCUT2D eigenvalue weighted by Crippen LogP contribution is -2.33. The van der Waals surface area contributed by atoms with Crippen molar-refractivity contribution in [3.63, 3.8) is 0 Å². The van der Waals surface area contributed by atoms with Gasteiger partial charge in [-0.1, -0.05) is 100 Å². The summed E-state index contributed by atoms with van der Waals surface area (Å²) in [6.07, 6.45) is -1.06. The zero-order valence-electron chi connectivity index (χ0n) is 23.0. The van der Waals surface area contributed by atoms with Crippen LogP contribution in [-0.4, -0.2) is 24.6 Å². The van der Waals surface area contributed by atoms with Gasteiger partial charge in [-0.15, -0.1) is 0 Å². The third-order valence-electron chi connectivity index (χ3n) is 6.91. The average Bonchev–Trinajstić information content (AvgIpc) is 3.30. The summed E-state index contributed by atoms with van der Waals surface area (Å²) >= 11 is 0. The molecule has 0 bridgehead atoms. The molecule has 1 aliphatic heterocycles. The van der Waals surface area contributed by atoms with E-state index in [1.807, 2.05) is 79.7 Å². The van der Waals surface area contributed by atoms with Crippen molar-refractivity contribution >= 4 is 17.7 Å². The molecule has 2 atom stereocenters. The van der Waals surface area contributed by atoms with E-state index in [1.54, 1.807) is 6.92 Å². The summed E-state index contributed by atoms with van der Waals surface area (Å²) in [5, 5.41) is 0. The summed E-state index contributed by atoms with van der Waals surface area (Å²) in [6, 6.07) is 23.1. The monoisotopic (exact) mass is 512 g/mol. The van der Waals surface area contributed by atoms with Gasteiger partial charge in [-0.3, -0.25) is 0 Å². The van der Waals surface area contributed by atoms with E-state index >= 15 is 0 Å². The summed E-state index contributed by atoms with van der Waals surface area (Å²) in [5.41, 5.74) is 4.71. The van der Waals surface area contributed by atoms with E-state index in [1.165, 1.54) is 0 Å². The van der Waals surface area contributed by atoms with Crippen molar-refractivity contribution in [1.29, 1.82) is 0 Å². The first-order valence-electron chi connectivity index (χ1n) is 13.3. The third kappa shape index (κ3) is 5.38. The molecule has 0 saturated carbocycles. The van der Waals surface area contributed by atoms with Gasteiger partial charge < -0.3 is 14.2 Å². The predicted octanol–water partition coefficient (Wildman–Crippen LogP) is 7.30. The molecule has 0 radical (unpaired) electrons. The first-order chi connectivity index (χ1) is 18.2. The molecule has 5 nitrogen and oxygen atoms in total. The van der Waals surface area contributed by atoms with Gasteiger partial charge in [0.1, 0.15) is 11.5 Å². The predicted molar refractivity (Wildman–Crippen MR) is 149 cm³/mol. The van der Waals surface area contributed by atoms with Crippen LogP contribution in [0.1, 0.15) is 80.2 Å². The van der Waals surface area contributed by atoms with Crippen molar-refractivity contribution in [2.75, 3.05) is 6.61 Å². The smallest absolute Gasteiger partial charge is 0.353 e. The number of para-hydroxylation sites is 1. The Balaban J connectivity index is 1.86. The minimum atomic E-state index is -1.06. The van der Waals surface area contributed by atoms with Crippen molar-refractivity contribution in [1.82, 2.24) is 0 Å². The molecule has 0 amide bonds. The molecular formula is C33H36O5. The molecule has 0 spiro atoms. The Morgan fingerprint density at radius 2 is 1.45 bits per heavy atom. The van der Waals surface area contributed by atoms with E-state index in [0.717, 1.165) is 22.3 Å². The van der Waals surface area contributed by atoms with Crippen LogP contribution < -0.4 is 4.74 Å². The fraction of sp³-hybridized carbons (Fsp3) is 0.333. The molecule has 0 unspecified atom stereocenters. The Labute approximate surface area is 225 Å². The van der Waals surface area contributed by atoms with Gasteiger partial charge in [-0.25, -0.2) is 9.59 Å². The molecule has 198 valence electrons. The topological polar surface area (TPSA) is 61.8 Å². The maximum atomic E-state index is 14.0. The number of benzene rings is 3. The van der Waals surface area contributed by atoms with Crippen molar-refractivity contribution in [3.05, 3.63) is 106 Å². The summed E-state index contributed by atoms with van der Waals surface area (Å²) in [6.45, 7) is 12.2. The van der Waals surface area contributed by atoms with Crippen LogP contribution in [0.25, 0.3) is 5.76 Å². The van der Waals surface area contributed by atoms with Crippen LogP contribution in [0.15, 0.2) is 78.4 Å². The van der Waals surface area contributed by atoms with E-state index in [0.29, 0.717) is 22.6 Å². The molecule has 0 aliphatic carbocycles. The van der Waals surface area contributed by atoms with Gasteiger partial charge >= 0.3 is 11.9 Å². The van der Waals surface area contributed by atoms with E-state index in [2.05, 4.69) is 27.7 Å². The van der Waals surface area contributed by atoms with Crippen LogP contribution >= 0.6 is 0 Å². The molecule has 1 aliphatic rings. The minimum absolute atomic E-state index is 0.154. The zero-order valence-corrected chi connectivity index (χ0v) is 23.0. The van der Waals surface area contributed by atoms with Gasteiger partial charge in [0, 0.05) is 5.56 Å². The van der Waals surface area contributed by atoms with Crippen molar-refractivity contribution in [3.8, 4) is 5.75 Å². The van der Waals surface area contributed by atoms with Gasteiger partial charge in [0.25, 0.3) is 0 Å². The standard InChI is InChI=1S/C33H36O5/c1-7-36-32(34)28-27(26-17-12-11-14-22(26)6)31(37-29(28)23-15-9-8-10-16-23)33(35)38-30-24(20(2)3)18-13-19-25(30)21(4)5/h8-21,27,31H,7H2,1-6H3/t27-,31-/m1/s1. The molecule has 3 aromatic rings. The van der Waals surface area contributed by atoms with Crippen LogP contribution in [0.2, 0.25) is 0 Å². The van der Waals surface area contributed by atoms with Crippen LogP contribution in [0, 0.1) is 6.92 Å². The maximum Gasteiger partial charge on any atom is 0.353 e. The van der Waals surface area contributed by atoms with Gasteiger partial charge in [0.05, 0.1) is 18.1 Å². The fourth-order valence-corrected chi connectivity index (χ4v) is 4.99. The lowest BCUT2D eigenvalue weighted by Gasteiger charge is -2.24. The highest BCUT2D eigenvalue weighted by Gasteiger charge is 2.48. The van der Waals surface area contributed by atoms with E-state index < -0.39 is 24.0 Å². The molecule has 0 fully saturated rings. The van der Waals surface area contributed by atoms with Crippen LogP contribution in [0.3, 0.4) is 0 Å². The molecule has 4 rings (SSSR count). The van der Waals surface area contributed by atoms with E-state index in [9.17, 15) is 9.59 Å². The number of esters is 2. The van der Waals surface area contributed by atoms with Gasteiger partial charge in [-0.2, -0.15) is 0 Å². The Kier molecular flexibility index (Phi) is 8.35. The lowest BCUT2D eigenvalue weighted by atomic mass is 9.84. The van der Waals surface area contributed by atoms with Gasteiger partial charge in [0.2, 0.25) is 6.10 Å². The second-order valence-corrected chi connectivity index (χ2v) is 10.2. The summed E-state index contributed by atoms with van der Waals surface area (Å²) in [7, 11) is 0. The van der Waals surface area contributed by atoms with Gasteiger partial charge in [-0.05, 0) is 47.9 Å². The molecule has 0 saturated heterocycles. The Morgan fingerprint density at radius 1 is 0.842 bits per heavy atom. The summed E-state index contributed by atoms with van der Waals surface area (Å²) in [5.74, 6) is -0.503. The number of hydrogen-bond donors (Lipinski definition) is 0. The van der Waals surface area contributed by atoms with Crippen LogP contribution in [-0.2, 0) is 19.1 Å². The van der Waals surface area contributed by atoms with Gasteiger partial charge in [0.15, 0.2) is 0 Å². The highest BCUT2D eigenvalue weighted by Crippen LogP contribution is 2.46. The molecular weight excluding hydrogens is 476 g/mol. The largest absolute Gasteiger partial charge is 0.476 e. The molecule has 5 heteroatoms. The number of ether oxygens (including phenoxy) is 3. The SMILES string of the molecule is CCOC(=O)C1=C(c2ccccc2)O[C@@H](C(=O)Oc2c(C(C)C)cccc2C(C)C)[C@@H]1c1ccccc1C. The third-order valence-corrected chi connectivity index (χ3v) is 6.91. The lowest BCUT2D eigenvalue weighted by molar-refractivity contribution is -0.143.